The van der Waals surface area contributed by atoms with Gasteiger partial charge in [-0.3, -0.25) is 0 Å². The quantitative estimate of drug-likeness (QED) is 0.793. The summed E-state index contributed by atoms with van der Waals surface area (Å²) in [6, 6.07) is 0. The molecule has 4 heteroatoms. The van der Waals surface area contributed by atoms with Crippen LogP contribution in [0.3, 0.4) is 0 Å². The van der Waals surface area contributed by atoms with Crippen LogP contribution >= 0.6 is 0 Å². The highest BCUT2D eigenvalue weighted by Gasteiger charge is 2.38. The molecule has 1 heterocycles. The summed E-state index contributed by atoms with van der Waals surface area (Å²) in [6.45, 7) is 4.95. The molecule has 0 spiro atoms. The molecule has 0 bridgehead atoms. The fraction of sp³-hybridized carbons (Fsp3) is 0.800. The summed E-state index contributed by atoms with van der Waals surface area (Å²) in [5.74, 6) is 3.18. The zero-order valence-corrected chi connectivity index (χ0v) is 8.73. The first kappa shape index (κ1) is 9.65. The largest absolute Gasteiger partial charge is 0.339 e. The predicted octanol–water partition coefficient (Wildman–Crippen LogP) is 1.65. The maximum absolute atomic E-state index is 5.48. The Hall–Kier alpha value is -0.900. The van der Waals surface area contributed by atoms with Gasteiger partial charge in [0, 0.05) is 11.8 Å². The molecule has 0 aromatic carbocycles. The van der Waals surface area contributed by atoms with E-state index in [9.17, 15) is 0 Å². The maximum Gasteiger partial charge on any atom is 0.229 e. The summed E-state index contributed by atoms with van der Waals surface area (Å²) < 4.78 is 5.21. The van der Waals surface area contributed by atoms with Gasteiger partial charge < -0.3 is 10.3 Å². The first-order chi connectivity index (χ1) is 6.72. The molecule has 0 aliphatic heterocycles. The number of rotatable bonds is 4. The van der Waals surface area contributed by atoms with Crippen LogP contribution in [0, 0.1) is 5.92 Å². The Labute approximate surface area is 83.9 Å². The Morgan fingerprint density at radius 2 is 2.36 bits per heavy atom. The van der Waals surface area contributed by atoms with Gasteiger partial charge >= 0.3 is 0 Å². The van der Waals surface area contributed by atoms with Crippen LogP contribution in [0.1, 0.15) is 50.2 Å². The third-order valence-corrected chi connectivity index (χ3v) is 2.92. The summed E-state index contributed by atoms with van der Waals surface area (Å²) in [5, 5.41) is 4.01. The predicted molar refractivity (Wildman–Crippen MR) is 52.9 cm³/mol. The maximum atomic E-state index is 5.48. The summed E-state index contributed by atoms with van der Waals surface area (Å²) >= 11 is 0. The molecule has 14 heavy (non-hydrogen) atoms. The molecule has 3 atom stereocenters. The van der Waals surface area contributed by atoms with Gasteiger partial charge in [0.25, 0.3) is 0 Å². The SMILES string of the molecule is CC(CCN)c1nc(C2CC2C)no1. The van der Waals surface area contributed by atoms with Gasteiger partial charge in [0.2, 0.25) is 5.89 Å². The van der Waals surface area contributed by atoms with Crippen LogP contribution in [0.4, 0.5) is 0 Å². The van der Waals surface area contributed by atoms with Crippen molar-refractivity contribution in [3.05, 3.63) is 11.7 Å². The smallest absolute Gasteiger partial charge is 0.229 e. The third kappa shape index (κ3) is 1.80. The minimum atomic E-state index is 0.287. The Bertz CT molecular complexity index is 310. The fourth-order valence-corrected chi connectivity index (χ4v) is 1.65. The molecule has 0 amide bonds. The van der Waals surface area contributed by atoms with Crippen LogP contribution in [-0.4, -0.2) is 16.7 Å². The van der Waals surface area contributed by atoms with Crippen molar-refractivity contribution in [2.45, 2.75) is 38.5 Å². The highest BCUT2D eigenvalue weighted by Crippen LogP contribution is 2.45. The third-order valence-electron chi connectivity index (χ3n) is 2.92. The highest BCUT2D eigenvalue weighted by atomic mass is 16.5. The molecule has 3 unspecified atom stereocenters. The summed E-state index contributed by atoms with van der Waals surface area (Å²) in [5.41, 5.74) is 5.48. The van der Waals surface area contributed by atoms with Gasteiger partial charge in [-0.05, 0) is 25.3 Å². The van der Waals surface area contributed by atoms with Gasteiger partial charge in [-0.15, -0.1) is 0 Å². The van der Waals surface area contributed by atoms with Gasteiger partial charge in [-0.1, -0.05) is 19.0 Å². The first-order valence-electron chi connectivity index (χ1n) is 5.26. The molecule has 0 radical (unpaired) electrons. The zero-order chi connectivity index (χ0) is 10.1. The Balaban J connectivity index is 2.02. The molecular weight excluding hydrogens is 178 g/mol. The van der Waals surface area contributed by atoms with Gasteiger partial charge in [0.05, 0.1) is 0 Å². The van der Waals surface area contributed by atoms with E-state index in [1.54, 1.807) is 0 Å². The number of nitrogens with two attached hydrogens (primary N) is 1. The minimum Gasteiger partial charge on any atom is -0.339 e. The van der Waals surface area contributed by atoms with Crippen molar-refractivity contribution in [2.75, 3.05) is 6.54 Å². The van der Waals surface area contributed by atoms with Gasteiger partial charge in [-0.25, -0.2) is 0 Å². The Kier molecular flexibility index (Phi) is 2.54. The molecule has 1 aliphatic carbocycles. The van der Waals surface area contributed by atoms with Crippen molar-refractivity contribution in [2.24, 2.45) is 11.7 Å². The van der Waals surface area contributed by atoms with Crippen molar-refractivity contribution in [1.82, 2.24) is 10.1 Å². The molecule has 1 aromatic rings. The Morgan fingerprint density at radius 3 is 2.93 bits per heavy atom. The topological polar surface area (TPSA) is 64.9 Å². The number of hydrogen-bond acceptors (Lipinski definition) is 4. The molecule has 1 fully saturated rings. The Morgan fingerprint density at radius 1 is 1.64 bits per heavy atom. The van der Waals surface area contributed by atoms with Crippen molar-refractivity contribution in [1.29, 1.82) is 0 Å². The van der Waals surface area contributed by atoms with Crippen LogP contribution in [0.2, 0.25) is 0 Å². The monoisotopic (exact) mass is 195 g/mol. The van der Waals surface area contributed by atoms with Gasteiger partial charge in [0.1, 0.15) is 0 Å². The van der Waals surface area contributed by atoms with Crippen molar-refractivity contribution < 1.29 is 4.52 Å². The van der Waals surface area contributed by atoms with Crippen molar-refractivity contribution in [3.8, 4) is 0 Å². The van der Waals surface area contributed by atoms with E-state index in [0.29, 0.717) is 12.5 Å². The highest BCUT2D eigenvalue weighted by molar-refractivity contribution is 5.08. The second-order valence-electron chi connectivity index (χ2n) is 4.29. The van der Waals surface area contributed by atoms with Crippen LogP contribution < -0.4 is 5.73 Å². The first-order valence-corrected chi connectivity index (χ1v) is 5.26. The van der Waals surface area contributed by atoms with Gasteiger partial charge in [-0.2, -0.15) is 4.98 Å². The van der Waals surface area contributed by atoms with E-state index in [2.05, 4.69) is 24.0 Å². The molecule has 1 aliphatic rings. The lowest BCUT2D eigenvalue weighted by atomic mass is 10.1. The second kappa shape index (κ2) is 3.69. The van der Waals surface area contributed by atoms with Crippen LogP contribution in [0.5, 0.6) is 0 Å². The lowest BCUT2D eigenvalue weighted by molar-refractivity contribution is 0.350. The summed E-state index contributed by atoms with van der Waals surface area (Å²) in [6.07, 6.45) is 2.10. The average molecular weight is 195 g/mol. The van der Waals surface area contributed by atoms with E-state index in [0.717, 1.165) is 24.1 Å². The normalized spacial score (nSPS) is 27.6. The van der Waals surface area contributed by atoms with Gasteiger partial charge in [0.15, 0.2) is 5.82 Å². The van der Waals surface area contributed by atoms with Crippen molar-refractivity contribution >= 4 is 0 Å². The zero-order valence-electron chi connectivity index (χ0n) is 8.73. The van der Waals surface area contributed by atoms with Crippen LogP contribution in [0.15, 0.2) is 4.52 Å². The van der Waals surface area contributed by atoms with E-state index in [1.807, 2.05) is 0 Å². The molecule has 2 N–H and O–H groups in total. The van der Waals surface area contributed by atoms with E-state index < -0.39 is 0 Å². The van der Waals surface area contributed by atoms with Crippen LogP contribution in [0.25, 0.3) is 0 Å². The second-order valence-corrected chi connectivity index (χ2v) is 4.29. The van der Waals surface area contributed by atoms with E-state index in [4.69, 9.17) is 10.3 Å². The minimum absolute atomic E-state index is 0.287. The number of aromatic nitrogens is 2. The van der Waals surface area contributed by atoms with E-state index in [-0.39, 0.29) is 5.92 Å². The molecule has 78 valence electrons. The average Bonchev–Trinajstić information content (AvgIpc) is 2.70. The number of hydrogen-bond donors (Lipinski definition) is 1. The fourth-order valence-electron chi connectivity index (χ4n) is 1.65. The van der Waals surface area contributed by atoms with Crippen molar-refractivity contribution in [3.63, 3.8) is 0 Å². The molecule has 1 saturated carbocycles. The summed E-state index contributed by atoms with van der Waals surface area (Å²) in [4.78, 5) is 4.41. The lowest BCUT2D eigenvalue weighted by Gasteiger charge is -2.01. The molecule has 0 saturated heterocycles. The number of nitrogens with zero attached hydrogens (tertiary/aromatic N) is 2. The molecule has 2 rings (SSSR count). The molecule has 4 nitrogen and oxygen atoms in total. The standard InChI is InChI=1S/C10H17N3O/c1-6(3-4-11)10-12-9(13-14-10)8-5-7(8)2/h6-8H,3-5,11H2,1-2H3. The van der Waals surface area contributed by atoms with Crippen LogP contribution in [-0.2, 0) is 0 Å². The van der Waals surface area contributed by atoms with E-state index >= 15 is 0 Å². The lowest BCUT2D eigenvalue weighted by Crippen LogP contribution is -2.04. The molecular formula is C10H17N3O. The summed E-state index contributed by atoms with van der Waals surface area (Å²) in [7, 11) is 0. The molecule has 1 aromatic heterocycles. The van der Waals surface area contributed by atoms with E-state index in [1.165, 1.54) is 6.42 Å².